The highest BCUT2D eigenvalue weighted by Gasteiger charge is 2.28. The highest BCUT2D eigenvalue weighted by atomic mass is 14.3. The van der Waals surface area contributed by atoms with Crippen LogP contribution >= 0.6 is 0 Å². The van der Waals surface area contributed by atoms with E-state index in [1.165, 1.54) is 186 Å². The molecule has 0 heterocycles. The van der Waals surface area contributed by atoms with Crippen LogP contribution < -0.4 is 0 Å². The van der Waals surface area contributed by atoms with Crippen LogP contribution in [0.25, 0.3) is 186 Å². The Hall–Kier alpha value is -11.2. The van der Waals surface area contributed by atoms with Gasteiger partial charge >= 0.3 is 0 Å². The molecule has 86 heavy (non-hydrogen) atoms. The summed E-state index contributed by atoms with van der Waals surface area (Å²) < 4.78 is 0. The van der Waals surface area contributed by atoms with E-state index in [0.29, 0.717) is 0 Å². The highest BCUT2D eigenvalue weighted by molar-refractivity contribution is 6.47. The first-order valence-corrected chi connectivity index (χ1v) is 30.0. The topological polar surface area (TPSA) is 0 Å². The Balaban J connectivity index is 1.01. The van der Waals surface area contributed by atoms with E-state index in [1.54, 1.807) is 0 Å². The Bertz CT molecular complexity index is 5360. The van der Waals surface area contributed by atoms with Crippen molar-refractivity contribution in [3.05, 3.63) is 315 Å². The molecule has 0 atom stereocenters. The molecule has 0 aliphatic heterocycles. The van der Waals surface area contributed by atoms with Crippen molar-refractivity contribution >= 4 is 97.0 Å². The zero-order valence-electron chi connectivity index (χ0n) is 47.0. The second kappa shape index (κ2) is 19.2. The van der Waals surface area contributed by atoms with Crippen LogP contribution in [0, 0.1) is 0 Å². The van der Waals surface area contributed by atoms with E-state index in [2.05, 4.69) is 315 Å². The average Bonchev–Trinajstić information content (AvgIpc) is 1.53. The van der Waals surface area contributed by atoms with Crippen molar-refractivity contribution < 1.29 is 0 Å². The highest BCUT2D eigenvalue weighted by Crippen LogP contribution is 2.57. The molecule has 0 aromatic heterocycles. The first-order chi connectivity index (χ1) is 42.7. The Morgan fingerprint density at radius 1 is 0.105 bits per heavy atom. The smallest absolute Gasteiger partial charge is 0.000719 e. The van der Waals surface area contributed by atoms with E-state index in [4.69, 9.17) is 0 Å². The van der Waals surface area contributed by atoms with Crippen LogP contribution in [0.4, 0.5) is 0 Å². The molecule has 0 radical (unpaired) electrons. The van der Waals surface area contributed by atoms with Gasteiger partial charge in [-0.1, -0.05) is 279 Å². The third kappa shape index (κ3) is 7.30. The Kier molecular flexibility index (Phi) is 10.8. The van der Waals surface area contributed by atoms with Gasteiger partial charge in [0.25, 0.3) is 0 Å². The summed E-state index contributed by atoms with van der Waals surface area (Å²) in [5, 5.41) is 22.9. The lowest BCUT2D eigenvalue weighted by atomic mass is 9.85. The van der Waals surface area contributed by atoms with Gasteiger partial charge in [-0.2, -0.15) is 0 Å². The number of benzene rings is 16. The Labute approximate surface area is 498 Å². The minimum atomic E-state index is 1.20. The molecule has 18 aromatic carbocycles. The lowest BCUT2D eigenvalue weighted by Gasteiger charge is -2.18. The summed E-state index contributed by atoms with van der Waals surface area (Å²) in [6.45, 7) is 0. The van der Waals surface area contributed by atoms with Crippen molar-refractivity contribution in [2.24, 2.45) is 0 Å². The van der Waals surface area contributed by atoms with Crippen LogP contribution in [0.15, 0.2) is 315 Å². The predicted octanol–water partition coefficient (Wildman–Crippen LogP) is 24.3. The molecule has 0 amide bonds. The zero-order chi connectivity index (χ0) is 56.4. The fraction of sp³-hybridized carbons (Fsp3) is 0. The molecule has 0 saturated carbocycles. The van der Waals surface area contributed by atoms with Crippen molar-refractivity contribution in [2.45, 2.75) is 0 Å². The van der Waals surface area contributed by atoms with Crippen molar-refractivity contribution in [1.82, 2.24) is 0 Å². The van der Waals surface area contributed by atoms with Gasteiger partial charge < -0.3 is 0 Å². The third-order valence-electron chi connectivity index (χ3n) is 18.7. The molecular weight excluding hydrogens is 1030 g/mol. The van der Waals surface area contributed by atoms with E-state index in [-0.39, 0.29) is 0 Å². The van der Waals surface area contributed by atoms with Gasteiger partial charge in [0.2, 0.25) is 0 Å². The predicted molar refractivity (Wildman–Crippen MR) is 370 cm³/mol. The minimum Gasteiger partial charge on any atom is -0.0622 e. The molecule has 0 N–H and O–H groups in total. The van der Waals surface area contributed by atoms with Gasteiger partial charge in [-0.25, -0.2) is 0 Å². The number of fused-ring (bicyclic) bond motifs is 11. The summed E-state index contributed by atoms with van der Waals surface area (Å²) in [5.74, 6) is 0. The maximum atomic E-state index is 2.59. The Morgan fingerprint density at radius 2 is 0.314 bits per heavy atom. The number of hydrogen-bond donors (Lipinski definition) is 0. The molecule has 0 fully saturated rings. The molecule has 0 aliphatic rings. The molecule has 0 aliphatic carbocycles. The SMILES string of the molecule is c1ccc(-c2cccc(-c3c4ccccc4c(-c4cccc(-c5ccccc5)c4)c4c5cc6c(cc7c8c(-c9cccc(-c%10ccccc%10)c9)c9ccccc9c(-c9cccc(-c%10ccccc%10)c9)c8c8cccc6c87)c6cccc(c34)c65)c2)cc1. The van der Waals surface area contributed by atoms with Crippen molar-refractivity contribution in [3.63, 3.8) is 0 Å². The molecule has 18 aromatic rings. The fourth-order valence-corrected chi connectivity index (χ4v) is 15.1. The second-order valence-corrected chi connectivity index (χ2v) is 23.3. The second-order valence-electron chi connectivity index (χ2n) is 23.3. The first kappa shape index (κ1) is 48.4. The lowest BCUT2D eigenvalue weighted by molar-refractivity contribution is 1.61. The normalized spacial score (nSPS) is 12.0. The number of hydrogen-bond acceptors (Lipinski definition) is 0. The molecule has 0 unspecified atom stereocenters. The lowest BCUT2D eigenvalue weighted by Crippen LogP contribution is -1.90. The maximum absolute atomic E-state index is 2.59. The number of rotatable bonds is 8. The monoisotopic (exact) mass is 1080 g/mol. The zero-order valence-corrected chi connectivity index (χ0v) is 47.0. The van der Waals surface area contributed by atoms with E-state index in [9.17, 15) is 0 Å². The molecule has 18 rings (SSSR count). The summed E-state index contributed by atoms with van der Waals surface area (Å²) in [6, 6.07) is 118. The van der Waals surface area contributed by atoms with Crippen LogP contribution in [-0.2, 0) is 0 Å². The van der Waals surface area contributed by atoms with Crippen molar-refractivity contribution in [3.8, 4) is 89.0 Å². The van der Waals surface area contributed by atoms with E-state index in [0.717, 1.165) is 0 Å². The van der Waals surface area contributed by atoms with Crippen LogP contribution in [0.1, 0.15) is 0 Å². The summed E-state index contributed by atoms with van der Waals surface area (Å²) >= 11 is 0. The van der Waals surface area contributed by atoms with Gasteiger partial charge in [0.15, 0.2) is 0 Å². The largest absolute Gasteiger partial charge is 0.0622 e. The third-order valence-corrected chi connectivity index (χ3v) is 18.7. The van der Waals surface area contributed by atoms with Crippen LogP contribution in [0.2, 0.25) is 0 Å². The van der Waals surface area contributed by atoms with Gasteiger partial charge in [-0.15, -0.1) is 0 Å². The van der Waals surface area contributed by atoms with Crippen molar-refractivity contribution in [1.29, 1.82) is 0 Å². The summed E-state index contributed by atoms with van der Waals surface area (Å²) in [4.78, 5) is 0. The van der Waals surface area contributed by atoms with Crippen LogP contribution in [0.5, 0.6) is 0 Å². The first-order valence-electron chi connectivity index (χ1n) is 30.0. The standard InChI is InChI=1S/C86H52/c1-5-23-53(24-6-1)57-31-17-35-61(47-57)77-65-39-13-15-41-67(65)79(63-37-19-33-59(49-63)55-27-9-3-10-28-55)85-75-51-73-70-44-22-46-72-82(70)76(52-74(73)69-43-21-45-71(81(69)75)83(77)85)86-80(64-38-20-34-60(50-64)56-29-11-4-12-30-56)68-42-16-14-40-66(68)78(84(72)86)62-36-18-32-58(48-62)54-25-7-2-8-26-54/h1-52H. The van der Waals surface area contributed by atoms with Crippen LogP contribution in [0.3, 0.4) is 0 Å². The van der Waals surface area contributed by atoms with E-state index >= 15 is 0 Å². The van der Waals surface area contributed by atoms with E-state index in [1.807, 2.05) is 0 Å². The molecule has 396 valence electrons. The quantitative estimate of drug-likeness (QED) is 0.133. The molecule has 0 spiro atoms. The van der Waals surface area contributed by atoms with Crippen molar-refractivity contribution in [2.75, 3.05) is 0 Å². The summed E-state index contributed by atoms with van der Waals surface area (Å²) in [6.07, 6.45) is 0. The van der Waals surface area contributed by atoms with Gasteiger partial charge in [0.05, 0.1) is 0 Å². The minimum absolute atomic E-state index is 1.20. The van der Waals surface area contributed by atoms with Gasteiger partial charge in [-0.3, -0.25) is 0 Å². The Morgan fingerprint density at radius 3 is 0.605 bits per heavy atom. The fourth-order valence-electron chi connectivity index (χ4n) is 15.1. The van der Waals surface area contributed by atoms with Crippen LogP contribution in [-0.4, -0.2) is 0 Å². The summed E-state index contributed by atoms with van der Waals surface area (Å²) in [5.41, 5.74) is 19.5. The molecular formula is C86H52. The van der Waals surface area contributed by atoms with Gasteiger partial charge in [-0.05, 0) is 222 Å². The molecule has 0 heteroatoms. The summed E-state index contributed by atoms with van der Waals surface area (Å²) in [7, 11) is 0. The van der Waals surface area contributed by atoms with E-state index < -0.39 is 0 Å². The molecule has 0 nitrogen and oxygen atoms in total. The maximum Gasteiger partial charge on any atom is -0.000719 e. The molecule has 0 saturated heterocycles. The average molecular weight is 1090 g/mol. The van der Waals surface area contributed by atoms with Gasteiger partial charge in [0.1, 0.15) is 0 Å². The van der Waals surface area contributed by atoms with Gasteiger partial charge in [0, 0.05) is 0 Å². The molecule has 0 bridgehead atoms.